The molecule has 0 unspecified atom stereocenters. The summed E-state index contributed by atoms with van der Waals surface area (Å²) in [5, 5.41) is 2.99. The number of carbonyl (C=O) groups excluding carboxylic acids is 1. The molecule has 2 heterocycles. The topological polar surface area (TPSA) is 72.5 Å². The van der Waals surface area contributed by atoms with E-state index in [2.05, 4.69) is 57.6 Å². The Kier molecular flexibility index (Phi) is 9.32. The molecule has 2 aliphatic rings. The number of nitrogens with zero attached hydrogens (tertiary/aromatic N) is 2. The van der Waals surface area contributed by atoms with Crippen LogP contribution in [0, 0.1) is 0 Å². The van der Waals surface area contributed by atoms with E-state index < -0.39 is 0 Å². The zero-order valence-electron chi connectivity index (χ0n) is 22.6. The van der Waals surface area contributed by atoms with Crippen LogP contribution < -0.4 is 19.7 Å². The van der Waals surface area contributed by atoms with Gasteiger partial charge in [0.05, 0.1) is 40.1 Å². The summed E-state index contributed by atoms with van der Waals surface area (Å²) in [5.41, 5.74) is 5.47. The summed E-state index contributed by atoms with van der Waals surface area (Å²) in [4.78, 5) is 17.4. The second kappa shape index (κ2) is 13.5. The normalized spacial score (nSPS) is 16.9. The van der Waals surface area contributed by atoms with Crippen LogP contribution in [0.4, 0.5) is 11.4 Å². The summed E-state index contributed by atoms with van der Waals surface area (Å²) < 4.78 is 22.8. The number of fused-ring (bicyclic) bond motifs is 3. The second-order valence-corrected chi connectivity index (χ2v) is 9.84. The van der Waals surface area contributed by atoms with Crippen LogP contribution in [0.1, 0.15) is 16.7 Å². The van der Waals surface area contributed by atoms with Gasteiger partial charge in [-0.1, -0.05) is 24.3 Å². The Bertz CT molecular complexity index is 1230. The number of amides is 1. The summed E-state index contributed by atoms with van der Waals surface area (Å²) in [6.07, 6.45) is 0.764. The zero-order valence-corrected chi connectivity index (χ0v) is 22.6. The highest BCUT2D eigenvalue weighted by Crippen LogP contribution is 2.28. The third kappa shape index (κ3) is 7.72. The van der Waals surface area contributed by atoms with E-state index in [1.54, 1.807) is 7.11 Å². The molecule has 39 heavy (non-hydrogen) atoms. The SMILES string of the molecule is COc1ccc(NC(=O)CN2CCOCCOc3ccc(N4CCOCC4)cc3Cc3cccc(c3)C2)cc1. The van der Waals surface area contributed by atoms with Crippen molar-refractivity contribution in [2.24, 2.45) is 0 Å². The van der Waals surface area contributed by atoms with Crippen molar-refractivity contribution in [3.05, 3.63) is 83.4 Å². The van der Waals surface area contributed by atoms with Crippen molar-refractivity contribution < 1.29 is 23.7 Å². The van der Waals surface area contributed by atoms with Gasteiger partial charge in [0.25, 0.3) is 0 Å². The van der Waals surface area contributed by atoms with E-state index in [0.29, 0.717) is 32.9 Å². The number of methoxy groups -OCH3 is 1. The van der Waals surface area contributed by atoms with E-state index >= 15 is 0 Å². The molecule has 1 fully saturated rings. The standard InChI is InChI=1S/C31H37N3O5/c1-36-29-8-5-27(6-9-29)32-31(35)23-33-11-14-38-17-18-39-30-10-7-28(34-12-15-37-16-13-34)21-26(30)20-24-3-2-4-25(19-24)22-33/h2-10,19,21H,11-18,20,22-23H2,1H3,(H,32,35). The van der Waals surface area contributed by atoms with Gasteiger partial charge in [0.2, 0.25) is 5.91 Å². The quantitative estimate of drug-likeness (QED) is 0.534. The third-order valence-electron chi connectivity index (χ3n) is 6.99. The third-order valence-corrected chi connectivity index (χ3v) is 6.99. The van der Waals surface area contributed by atoms with Crippen molar-refractivity contribution in [1.82, 2.24) is 4.90 Å². The van der Waals surface area contributed by atoms with Gasteiger partial charge in [-0.3, -0.25) is 9.69 Å². The molecule has 0 aromatic heterocycles. The molecule has 0 spiro atoms. The van der Waals surface area contributed by atoms with Crippen molar-refractivity contribution in [3.8, 4) is 11.5 Å². The number of nitrogens with one attached hydrogen (secondary N) is 1. The van der Waals surface area contributed by atoms with Gasteiger partial charge in [-0.15, -0.1) is 0 Å². The van der Waals surface area contributed by atoms with Gasteiger partial charge in [-0.2, -0.15) is 0 Å². The van der Waals surface area contributed by atoms with E-state index in [-0.39, 0.29) is 12.5 Å². The predicted molar refractivity (Wildman–Crippen MR) is 152 cm³/mol. The molecule has 0 atom stereocenters. The zero-order chi connectivity index (χ0) is 26.9. The largest absolute Gasteiger partial charge is 0.497 e. The van der Waals surface area contributed by atoms with Gasteiger partial charge in [0, 0.05) is 49.5 Å². The van der Waals surface area contributed by atoms with Gasteiger partial charge in [-0.05, 0) is 53.6 Å². The highest BCUT2D eigenvalue weighted by molar-refractivity contribution is 5.92. The first-order valence-corrected chi connectivity index (χ1v) is 13.6. The second-order valence-electron chi connectivity index (χ2n) is 9.84. The average Bonchev–Trinajstić information content (AvgIpc) is 2.96. The first-order valence-electron chi connectivity index (χ1n) is 13.6. The molecule has 206 valence electrons. The minimum atomic E-state index is -0.0645. The highest BCUT2D eigenvalue weighted by atomic mass is 16.5. The maximum Gasteiger partial charge on any atom is 0.238 e. The number of benzene rings is 3. The van der Waals surface area contributed by atoms with E-state index in [0.717, 1.165) is 61.0 Å². The molecule has 1 amide bonds. The summed E-state index contributed by atoms with van der Waals surface area (Å²) >= 11 is 0. The van der Waals surface area contributed by atoms with E-state index in [1.807, 2.05) is 24.3 Å². The van der Waals surface area contributed by atoms with Crippen LogP contribution in [0.15, 0.2) is 66.7 Å². The van der Waals surface area contributed by atoms with Crippen LogP contribution in [0.3, 0.4) is 0 Å². The Morgan fingerprint density at radius 2 is 1.64 bits per heavy atom. The van der Waals surface area contributed by atoms with Gasteiger partial charge >= 0.3 is 0 Å². The molecular weight excluding hydrogens is 494 g/mol. The van der Waals surface area contributed by atoms with Crippen molar-refractivity contribution in [3.63, 3.8) is 0 Å². The Labute approximate surface area is 230 Å². The number of rotatable bonds is 5. The Morgan fingerprint density at radius 3 is 2.46 bits per heavy atom. The molecule has 2 bridgehead atoms. The van der Waals surface area contributed by atoms with E-state index in [1.165, 1.54) is 11.3 Å². The molecule has 0 radical (unpaired) electrons. The van der Waals surface area contributed by atoms with E-state index in [4.69, 9.17) is 18.9 Å². The van der Waals surface area contributed by atoms with Crippen molar-refractivity contribution in [2.45, 2.75) is 13.0 Å². The fourth-order valence-electron chi connectivity index (χ4n) is 4.98. The smallest absolute Gasteiger partial charge is 0.238 e. The molecule has 1 N–H and O–H groups in total. The number of ether oxygens (including phenoxy) is 4. The van der Waals surface area contributed by atoms with Crippen LogP contribution in [-0.2, 0) is 27.2 Å². The molecule has 1 saturated heterocycles. The summed E-state index contributed by atoms with van der Waals surface area (Å²) in [6, 6.07) is 22.4. The molecule has 0 aliphatic carbocycles. The number of carbonyl (C=O) groups is 1. The predicted octanol–water partition coefficient (Wildman–Crippen LogP) is 3.97. The van der Waals surface area contributed by atoms with Crippen LogP contribution in [-0.4, -0.2) is 77.1 Å². The van der Waals surface area contributed by atoms with Crippen LogP contribution >= 0.6 is 0 Å². The lowest BCUT2D eigenvalue weighted by atomic mass is 10.0. The van der Waals surface area contributed by atoms with Gasteiger partial charge in [0.1, 0.15) is 18.1 Å². The lowest BCUT2D eigenvalue weighted by molar-refractivity contribution is -0.117. The molecule has 5 rings (SSSR count). The van der Waals surface area contributed by atoms with Crippen LogP contribution in [0.25, 0.3) is 0 Å². The van der Waals surface area contributed by atoms with Crippen LogP contribution in [0.5, 0.6) is 11.5 Å². The van der Waals surface area contributed by atoms with Gasteiger partial charge < -0.3 is 29.2 Å². The number of hydrogen-bond donors (Lipinski definition) is 1. The molecule has 8 nitrogen and oxygen atoms in total. The van der Waals surface area contributed by atoms with Gasteiger partial charge in [-0.25, -0.2) is 0 Å². The number of anilines is 2. The van der Waals surface area contributed by atoms with Crippen molar-refractivity contribution in [1.29, 1.82) is 0 Å². The number of morpholine rings is 1. The first kappa shape index (κ1) is 27.0. The van der Waals surface area contributed by atoms with Crippen molar-refractivity contribution >= 4 is 17.3 Å². The Balaban J connectivity index is 1.30. The highest BCUT2D eigenvalue weighted by Gasteiger charge is 2.16. The lowest BCUT2D eigenvalue weighted by Gasteiger charge is -2.29. The summed E-state index contributed by atoms with van der Waals surface area (Å²) in [6.45, 7) is 6.33. The average molecular weight is 532 g/mol. The monoisotopic (exact) mass is 531 g/mol. The minimum absolute atomic E-state index is 0.0645. The van der Waals surface area contributed by atoms with Crippen molar-refractivity contribution in [2.75, 3.05) is 76.5 Å². The Hall–Kier alpha value is -3.59. The molecule has 8 heteroatoms. The fraction of sp³-hybridized carbons (Fsp3) is 0.387. The number of hydrogen-bond acceptors (Lipinski definition) is 7. The molecule has 2 aliphatic heterocycles. The molecule has 3 aromatic carbocycles. The molecule has 0 saturated carbocycles. The maximum atomic E-state index is 12.9. The minimum Gasteiger partial charge on any atom is -0.497 e. The maximum absolute atomic E-state index is 12.9. The summed E-state index contributed by atoms with van der Waals surface area (Å²) in [5.74, 6) is 1.59. The van der Waals surface area contributed by atoms with Gasteiger partial charge in [0.15, 0.2) is 0 Å². The molecular formula is C31H37N3O5. The van der Waals surface area contributed by atoms with E-state index in [9.17, 15) is 4.79 Å². The van der Waals surface area contributed by atoms with Crippen LogP contribution in [0.2, 0.25) is 0 Å². The summed E-state index contributed by atoms with van der Waals surface area (Å²) in [7, 11) is 1.62. The lowest BCUT2D eigenvalue weighted by Crippen LogP contribution is -2.36. The molecule has 3 aromatic rings. The Morgan fingerprint density at radius 1 is 0.872 bits per heavy atom. The fourth-order valence-corrected chi connectivity index (χ4v) is 4.98. The first-order chi connectivity index (χ1) is 19.2.